The molecule has 0 aliphatic carbocycles. The second-order valence-electron chi connectivity index (χ2n) is 6.87. The quantitative estimate of drug-likeness (QED) is 0.363. The van der Waals surface area contributed by atoms with Crippen LogP contribution in [0.25, 0.3) is 0 Å². The molecule has 1 unspecified atom stereocenters. The maximum Gasteiger partial charge on any atom is 0.193 e. The van der Waals surface area contributed by atoms with Crippen LogP contribution in [0.4, 0.5) is 4.39 Å². The number of hydrogen-bond acceptors (Lipinski definition) is 3. The summed E-state index contributed by atoms with van der Waals surface area (Å²) in [5.41, 5.74) is 0.356. The third-order valence-electron chi connectivity index (χ3n) is 4.90. The normalized spacial score (nSPS) is 23.6. The molecule has 3 rings (SSSR count). The van der Waals surface area contributed by atoms with Gasteiger partial charge in [0, 0.05) is 43.1 Å². The smallest absolute Gasteiger partial charge is 0.193 e. The second-order valence-corrected chi connectivity index (χ2v) is 8.03. The van der Waals surface area contributed by atoms with E-state index in [1.54, 1.807) is 11.8 Å². The summed E-state index contributed by atoms with van der Waals surface area (Å²) >= 11 is 1.76. The van der Waals surface area contributed by atoms with Gasteiger partial charge in [0.1, 0.15) is 5.82 Å². The van der Waals surface area contributed by atoms with Gasteiger partial charge >= 0.3 is 0 Å². The number of ether oxygens (including phenoxy) is 1. The first kappa shape index (κ1) is 18.5. The highest BCUT2D eigenvalue weighted by atomic mass is 32.2. The summed E-state index contributed by atoms with van der Waals surface area (Å²) in [6.07, 6.45) is 3.40. The first-order chi connectivity index (χ1) is 12.2. The van der Waals surface area contributed by atoms with Crippen molar-refractivity contribution in [1.29, 1.82) is 0 Å². The van der Waals surface area contributed by atoms with Crippen molar-refractivity contribution in [3.63, 3.8) is 0 Å². The van der Waals surface area contributed by atoms with Crippen molar-refractivity contribution in [3.8, 4) is 0 Å². The molecule has 0 saturated carbocycles. The monoisotopic (exact) mass is 365 g/mol. The van der Waals surface area contributed by atoms with Crippen LogP contribution in [0, 0.1) is 11.2 Å². The van der Waals surface area contributed by atoms with Gasteiger partial charge in [-0.15, -0.1) is 11.8 Å². The molecule has 1 spiro atoms. The van der Waals surface area contributed by atoms with E-state index < -0.39 is 0 Å². The van der Waals surface area contributed by atoms with Gasteiger partial charge in [0.15, 0.2) is 5.96 Å². The number of nitrogens with one attached hydrogen (secondary N) is 1. The molecule has 2 aliphatic rings. The van der Waals surface area contributed by atoms with Crippen LogP contribution in [0.5, 0.6) is 0 Å². The van der Waals surface area contributed by atoms with Gasteiger partial charge in [0.2, 0.25) is 0 Å². The molecule has 1 aromatic carbocycles. The highest BCUT2D eigenvalue weighted by Gasteiger charge is 2.42. The molecule has 2 aliphatic heterocycles. The molecule has 0 amide bonds. The van der Waals surface area contributed by atoms with Gasteiger partial charge in [-0.25, -0.2) is 4.39 Å². The molecule has 6 heteroatoms. The topological polar surface area (TPSA) is 36.9 Å². The van der Waals surface area contributed by atoms with Crippen molar-refractivity contribution in [2.24, 2.45) is 10.4 Å². The Balaban J connectivity index is 1.45. The summed E-state index contributed by atoms with van der Waals surface area (Å²) < 4.78 is 18.5. The number of halogens is 1. The minimum atomic E-state index is -0.180. The number of guanidine groups is 1. The second kappa shape index (κ2) is 8.90. The Bertz CT molecular complexity index is 573. The van der Waals surface area contributed by atoms with Crippen LogP contribution in [0.1, 0.15) is 26.2 Å². The molecule has 0 aromatic heterocycles. The molecule has 2 saturated heterocycles. The standard InChI is InChI=1S/C19H28FN3OS/c1-2-21-18(23-11-8-19(14-23)9-12-24-15-19)22-10-3-13-25-17-6-4-16(20)5-7-17/h4-7H,2-3,8-15H2,1H3,(H,21,22). The zero-order valence-corrected chi connectivity index (χ0v) is 15.8. The van der Waals surface area contributed by atoms with Gasteiger partial charge in [-0.1, -0.05) is 0 Å². The van der Waals surface area contributed by atoms with Crippen molar-refractivity contribution >= 4 is 17.7 Å². The van der Waals surface area contributed by atoms with Crippen LogP contribution in [0.15, 0.2) is 34.2 Å². The molecular weight excluding hydrogens is 337 g/mol. The van der Waals surface area contributed by atoms with Gasteiger partial charge < -0.3 is 15.0 Å². The minimum absolute atomic E-state index is 0.180. The van der Waals surface area contributed by atoms with Gasteiger partial charge in [-0.05, 0) is 56.2 Å². The highest BCUT2D eigenvalue weighted by molar-refractivity contribution is 7.99. The van der Waals surface area contributed by atoms with E-state index in [-0.39, 0.29) is 5.82 Å². The van der Waals surface area contributed by atoms with Crippen molar-refractivity contribution < 1.29 is 9.13 Å². The first-order valence-corrected chi connectivity index (χ1v) is 10.2. The number of hydrogen-bond donors (Lipinski definition) is 1. The largest absolute Gasteiger partial charge is 0.381 e. The Morgan fingerprint density at radius 1 is 1.36 bits per heavy atom. The molecule has 0 radical (unpaired) electrons. The maximum atomic E-state index is 12.9. The SMILES string of the molecule is CCNC(=NCCCSc1ccc(F)cc1)N1CCC2(CCOC2)C1. The van der Waals surface area contributed by atoms with E-state index in [0.717, 1.165) is 62.4 Å². The lowest BCUT2D eigenvalue weighted by Crippen LogP contribution is -2.41. The molecule has 1 aromatic rings. The van der Waals surface area contributed by atoms with E-state index in [9.17, 15) is 4.39 Å². The molecule has 0 bridgehead atoms. The summed E-state index contributed by atoms with van der Waals surface area (Å²) in [4.78, 5) is 8.32. The molecular formula is C19H28FN3OS. The van der Waals surface area contributed by atoms with Crippen LogP contribution >= 0.6 is 11.8 Å². The van der Waals surface area contributed by atoms with E-state index in [0.29, 0.717) is 5.41 Å². The Morgan fingerprint density at radius 3 is 2.92 bits per heavy atom. The summed E-state index contributed by atoms with van der Waals surface area (Å²) in [6.45, 7) is 7.76. The van der Waals surface area contributed by atoms with E-state index in [1.165, 1.54) is 25.0 Å². The van der Waals surface area contributed by atoms with Gasteiger partial charge in [-0.2, -0.15) is 0 Å². The summed E-state index contributed by atoms with van der Waals surface area (Å²) in [5.74, 6) is 1.85. The Labute approximate surface area is 154 Å². The predicted octanol–water partition coefficient (Wildman–Crippen LogP) is 3.39. The number of rotatable bonds is 6. The molecule has 2 heterocycles. The van der Waals surface area contributed by atoms with Crippen LogP contribution < -0.4 is 5.32 Å². The van der Waals surface area contributed by atoms with Crippen LogP contribution in [-0.4, -0.2) is 56.0 Å². The maximum absolute atomic E-state index is 12.9. The molecule has 1 N–H and O–H groups in total. The van der Waals surface area contributed by atoms with Gasteiger partial charge in [0.25, 0.3) is 0 Å². The van der Waals surface area contributed by atoms with Crippen LogP contribution in [0.3, 0.4) is 0 Å². The fraction of sp³-hybridized carbons (Fsp3) is 0.632. The fourth-order valence-corrected chi connectivity index (χ4v) is 4.32. The lowest BCUT2D eigenvalue weighted by atomic mass is 9.87. The Morgan fingerprint density at radius 2 is 2.20 bits per heavy atom. The third-order valence-corrected chi connectivity index (χ3v) is 6.00. The minimum Gasteiger partial charge on any atom is -0.381 e. The lowest BCUT2D eigenvalue weighted by molar-refractivity contribution is 0.156. The fourth-order valence-electron chi connectivity index (χ4n) is 3.48. The van der Waals surface area contributed by atoms with E-state index in [4.69, 9.17) is 9.73 Å². The Kier molecular flexibility index (Phi) is 6.59. The first-order valence-electron chi connectivity index (χ1n) is 9.20. The average Bonchev–Trinajstić information content (AvgIpc) is 3.25. The zero-order chi connectivity index (χ0) is 17.5. The van der Waals surface area contributed by atoms with Crippen molar-refractivity contribution in [2.75, 3.05) is 45.1 Å². The van der Waals surface area contributed by atoms with Crippen molar-refractivity contribution in [1.82, 2.24) is 10.2 Å². The van der Waals surface area contributed by atoms with Crippen molar-refractivity contribution in [2.45, 2.75) is 31.1 Å². The van der Waals surface area contributed by atoms with Crippen molar-refractivity contribution in [3.05, 3.63) is 30.1 Å². The lowest BCUT2D eigenvalue weighted by Gasteiger charge is -2.25. The number of nitrogens with zero attached hydrogens (tertiary/aromatic N) is 2. The molecule has 2 fully saturated rings. The predicted molar refractivity (Wildman–Crippen MR) is 102 cm³/mol. The molecule has 25 heavy (non-hydrogen) atoms. The Hall–Kier alpha value is -1.27. The molecule has 1 atom stereocenters. The molecule has 4 nitrogen and oxygen atoms in total. The molecule has 138 valence electrons. The summed E-state index contributed by atoms with van der Waals surface area (Å²) in [7, 11) is 0. The van der Waals surface area contributed by atoms with Gasteiger partial charge in [0.05, 0.1) is 6.61 Å². The summed E-state index contributed by atoms with van der Waals surface area (Å²) in [5, 5.41) is 3.43. The van der Waals surface area contributed by atoms with E-state index >= 15 is 0 Å². The number of likely N-dealkylation sites (tertiary alicyclic amines) is 1. The number of thioether (sulfide) groups is 1. The number of benzene rings is 1. The zero-order valence-electron chi connectivity index (χ0n) is 15.0. The van der Waals surface area contributed by atoms with Crippen LogP contribution in [-0.2, 0) is 4.74 Å². The highest BCUT2D eigenvalue weighted by Crippen LogP contribution is 2.38. The van der Waals surface area contributed by atoms with E-state index in [2.05, 4.69) is 17.1 Å². The van der Waals surface area contributed by atoms with Crippen LogP contribution in [0.2, 0.25) is 0 Å². The van der Waals surface area contributed by atoms with Gasteiger partial charge in [-0.3, -0.25) is 4.99 Å². The summed E-state index contributed by atoms with van der Waals surface area (Å²) in [6, 6.07) is 6.70. The number of aliphatic imine (C=N–C) groups is 1. The average molecular weight is 366 g/mol. The third kappa shape index (κ3) is 5.11. The van der Waals surface area contributed by atoms with E-state index in [1.807, 2.05) is 12.1 Å².